The molecule has 0 saturated heterocycles. The first-order valence-electron chi connectivity index (χ1n) is 3.99. The van der Waals surface area contributed by atoms with Gasteiger partial charge in [0.2, 0.25) is 0 Å². The molecule has 0 aromatic heterocycles. The van der Waals surface area contributed by atoms with Gasteiger partial charge < -0.3 is 21.1 Å². The van der Waals surface area contributed by atoms with Crippen LogP contribution in [0.5, 0.6) is 0 Å². The van der Waals surface area contributed by atoms with E-state index in [9.17, 15) is 0 Å². The van der Waals surface area contributed by atoms with E-state index in [4.69, 9.17) is 27.3 Å². The molecule has 1 atom stereocenters. The molecule has 1 unspecified atom stereocenters. The van der Waals surface area contributed by atoms with Crippen LogP contribution in [-0.2, 0) is 0 Å². The van der Waals surface area contributed by atoms with Crippen LogP contribution in [0.15, 0.2) is 23.9 Å². The number of nitrogens with zero attached hydrogens (tertiary/aromatic N) is 2. The van der Waals surface area contributed by atoms with Crippen molar-refractivity contribution < 1.29 is 15.0 Å². The lowest BCUT2D eigenvalue weighted by molar-refractivity contribution is -0.0354. The van der Waals surface area contributed by atoms with Gasteiger partial charge in [0.25, 0.3) is 0 Å². The van der Waals surface area contributed by atoms with E-state index in [2.05, 4.69) is 10.1 Å². The van der Waals surface area contributed by atoms with Gasteiger partial charge in [-0.15, -0.1) is 11.6 Å². The predicted molar refractivity (Wildman–Crippen MR) is 51.7 cm³/mol. The third-order valence-corrected chi connectivity index (χ3v) is 2.00. The highest BCUT2D eigenvalue weighted by atomic mass is 35.5. The number of alkyl halides is 1. The third-order valence-electron chi connectivity index (χ3n) is 1.65. The van der Waals surface area contributed by atoms with Gasteiger partial charge in [0.15, 0.2) is 11.7 Å². The van der Waals surface area contributed by atoms with Crippen LogP contribution < -0.4 is 5.32 Å². The van der Waals surface area contributed by atoms with Gasteiger partial charge in [0, 0.05) is 11.8 Å². The molecule has 14 heavy (non-hydrogen) atoms. The SMILES string of the molecule is [N-]=[N+]=C1C=CC(NCC(O)O)=CC1Cl. The molecule has 6 heteroatoms. The van der Waals surface area contributed by atoms with E-state index in [0.29, 0.717) is 11.4 Å². The van der Waals surface area contributed by atoms with Crippen LogP contribution in [0.3, 0.4) is 0 Å². The lowest BCUT2D eigenvalue weighted by Crippen LogP contribution is -2.27. The van der Waals surface area contributed by atoms with Crippen molar-refractivity contribution in [2.75, 3.05) is 6.54 Å². The van der Waals surface area contributed by atoms with E-state index in [-0.39, 0.29) is 6.54 Å². The number of halogens is 1. The first kappa shape index (κ1) is 10.9. The Kier molecular flexibility index (Phi) is 3.85. The first-order valence-corrected chi connectivity index (χ1v) is 4.43. The average Bonchev–Trinajstić information content (AvgIpc) is 2.15. The molecule has 0 bridgehead atoms. The minimum Gasteiger partial charge on any atom is -0.380 e. The number of allylic oxidation sites excluding steroid dienone is 3. The zero-order valence-electron chi connectivity index (χ0n) is 7.26. The number of nitrogens with one attached hydrogen (secondary N) is 1. The summed E-state index contributed by atoms with van der Waals surface area (Å²) in [7, 11) is 0. The zero-order chi connectivity index (χ0) is 10.6. The van der Waals surface area contributed by atoms with Crippen molar-refractivity contribution in [1.82, 2.24) is 5.32 Å². The van der Waals surface area contributed by atoms with Gasteiger partial charge in [-0.2, -0.15) is 4.79 Å². The van der Waals surface area contributed by atoms with Crippen LogP contribution in [-0.4, -0.2) is 38.9 Å². The maximum Gasteiger partial charge on any atom is 0.313 e. The van der Waals surface area contributed by atoms with E-state index >= 15 is 0 Å². The Balaban J connectivity index is 2.59. The minimum atomic E-state index is -1.41. The summed E-state index contributed by atoms with van der Waals surface area (Å²) < 4.78 is 0. The molecule has 3 N–H and O–H groups in total. The molecule has 1 rings (SSSR count). The van der Waals surface area contributed by atoms with Gasteiger partial charge >= 0.3 is 5.71 Å². The van der Waals surface area contributed by atoms with Gasteiger partial charge in [-0.1, -0.05) is 0 Å². The number of hydrogen-bond acceptors (Lipinski definition) is 3. The normalized spacial score (nSPS) is 20.7. The van der Waals surface area contributed by atoms with E-state index in [0.717, 1.165) is 0 Å². The van der Waals surface area contributed by atoms with Crippen LogP contribution in [0.25, 0.3) is 5.53 Å². The molecular weight excluding hydrogens is 206 g/mol. The van der Waals surface area contributed by atoms with E-state index in [1.165, 1.54) is 0 Å². The fourth-order valence-electron chi connectivity index (χ4n) is 0.981. The highest BCUT2D eigenvalue weighted by molar-refractivity contribution is 6.34. The van der Waals surface area contributed by atoms with Crippen LogP contribution in [0.4, 0.5) is 0 Å². The Bertz CT molecular complexity index is 319. The zero-order valence-corrected chi connectivity index (χ0v) is 8.02. The molecule has 0 aliphatic heterocycles. The summed E-state index contributed by atoms with van der Waals surface area (Å²) in [6.07, 6.45) is 3.38. The maximum absolute atomic E-state index is 8.59. The lowest BCUT2D eigenvalue weighted by atomic mass is 10.1. The number of hydrogen-bond donors (Lipinski definition) is 3. The second kappa shape index (κ2) is 4.93. The Morgan fingerprint density at radius 2 is 2.29 bits per heavy atom. The summed E-state index contributed by atoms with van der Waals surface area (Å²) in [5, 5.41) is 19.4. The second-order valence-electron chi connectivity index (χ2n) is 2.74. The van der Waals surface area contributed by atoms with Crippen molar-refractivity contribution in [1.29, 1.82) is 0 Å². The number of aliphatic hydroxyl groups excluding tert-OH is 1. The van der Waals surface area contributed by atoms with Crippen LogP contribution >= 0.6 is 11.6 Å². The summed E-state index contributed by atoms with van der Waals surface area (Å²) in [4.78, 5) is 2.98. The molecule has 1 aliphatic carbocycles. The summed E-state index contributed by atoms with van der Waals surface area (Å²) in [6, 6.07) is 0. The quantitative estimate of drug-likeness (QED) is 0.260. The molecule has 0 aromatic rings. The summed E-state index contributed by atoms with van der Waals surface area (Å²) >= 11 is 5.81. The van der Waals surface area contributed by atoms with Gasteiger partial charge in [-0.25, -0.2) is 0 Å². The van der Waals surface area contributed by atoms with Crippen molar-refractivity contribution in [3.63, 3.8) is 0 Å². The van der Waals surface area contributed by atoms with E-state index in [1.807, 2.05) is 0 Å². The second-order valence-corrected chi connectivity index (χ2v) is 3.21. The third kappa shape index (κ3) is 2.97. The Hall–Kier alpha value is -1.13. The molecule has 76 valence electrons. The van der Waals surface area contributed by atoms with E-state index in [1.54, 1.807) is 18.2 Å². The van der Waals surface area contributed by atoms with Gasteiger partial charge in [0.1, 0.15) is 0 Å². The lowest BCUT2D eigenvalue weighted by Gasteiger charge is -2.11. The monoisotopic (exact) mass is 215 g/mol. The fraction of sp³-hybridized carbons (Fsp3) is 0.375. The number of rotatable bonds is 3. The average molecular weight is 216 g/mol. The van der Waals surface area contributed by atoms with Crippen LogP contribution in [0.2, 0.25) is 0 Å². The number of aliphatic hydroxyl groups is 2. The molecule has 5 nitrogen and oxygen atoms in total. The van der Waals surface area contributed by atoms with Crippen molar-refractivity contribution in [2.24, 2.45) is 0 Å². The summed E-state index contributed by atoms with van der Waals surface area (Å²) in [5.74, 6) is 0. The molecule has 0 fully saturated rings. The summed E-state index contributed by atoms with van der Waals surface area (Å²) in [5.41, 5.74) is 9.50. The highest BCUT2D eigenvalue weighted by Gasteiger charge is 2.19. The molecule has 0 aromatic carbocycles. The topological polar surface area (TPSA) is 88.9 Å². The highest BCUT2D eigenvalue weighted by Crippen LogP contribution is 2.10. The molecule has 0 saturated carbocycles. The smallest absolute Gasteiger partial charge is 0.313 e. The summed E-state index contributed by atoms with van der Waals surface area (Å²) in [6.45, 7) is 0.0192. The van der Waals surface area contributed by atoms with Gasteiger partial charge in [0.05, 0.1) is 6.54 Å². The standard InChI is InChI=1S/C8H10ClN3O2/c9-6-3-5(11-4-8(13)14)1-2-7(6)12-10/h1-3,6,8,11,13-14H,4H2. The first-order chi connectivity index (χ1) is 6.63. The van der Waals surface area contributed by atoms with E-state index < -0.39 is 11.7 Å². The Morgan fingerprint density at radius 1 is 1.57 bits per heavy atom. The molecule has 0 heterocycles. The molecule has 1 aliphatic rings. The molecular formula is C8H10ClN3O2. The van der Waals surface area contributed by atoms with Gasteiger partial charge in [-0.3, -0.25) is 0 Å². The fourth-order valence-corrected chi connectivity index (χ4v) is 1.23. The minimum absolute atomic E-state index is 0.0192. The van der Waals surface area contributed by atoms with Gasteiger partial charge in [-0.05, 0) is 12.2 Å². The molecule has 0 spiro atoms. The van der Waals surface area contributed by atoms with Crippen molar-refractivity contribution in [3.05, 3.63) is 29.5 Å². The van der Waals surface area contributed by atoms with Crippen molar-refractivity contribution in [2.45, 2.75) is 11.7 Å². The predicted octanol–water partition coefficient (Wildman–Crippen LogP) is -0.381. The Labute approximate surface area is 85.9 Å². The largest absolute Gasteiger partial charge is 0.380 e. The van der Waals surface area contributed by atoms with Crippen molar-refractivity contribution in [3.8, 4) is 0 Å². The maximum atomic E-state index is 8.59. The molecule has 0 radical (unpaired) electrons. The van der Waals surface area contributed by atoms with Crippen LogP contribution in [0, 0.1) is 0 Å². The Morgan fingerprint density at radius 3 is 2.79 bits per heavy atom. The molecule has 0 amide bonds. The van der Waals surface area contributed by atoms with Crippen LogP contribution in [0.1, 0.15) is 0 Å². The van der Waals surface area contributed by atoms with Crippen molar-refractivity contribution >= 4 is 17.3 Å².